The number of hydrogen-bond donors (Lipinski definition) is 2. The molecule has 126 valence electrons. The highest BCUT2D eigenvalue weighted by molar-refractivity contribution is 5.83. The number of hydrogen-bond acceptors (Lipinski definition) is 2. The van der Waals surface area contributed by atoms with Gasteiger partial charge < -0.3 is 11.5 Å². The molecule has 3 aromatic carbocycles. The minimum absolute atomic E-state index is 0.0376. The molecule has 0 saturated carbocycles. The van der Waals surface area contributed by atoms with E-state index in [0.29, 0.717) is 0 Å². The third kappa shape index (κ3) is 4.88. The van der Waals surface area contributed by atoms with Gasteiger partial charge in [0.2, 0.25) is 0 Å². The molecule has 3 rings (SSSR count). The molecule has 2 unspecified atom stereocenters. The van der Waals surface area contributed by atoms with Crippen LogP contribution < -0.4 is 11.5 Å². The van der Waals surface area contributed by atoms with Crippen LogP contribution in [0.3, 0.4) is 0 Å². The Kier molecular flexibility index (Phi) is 6.47. The second-order valence-electron chi connectivity index (χ2n) is 5.96. The van der Waals surface area contributed by atoms with Crippen LogP contribution in [-0.4, -0.2) is 0 Å². The topological polar surface area (TPSA) is 52.0 Å². The van der Waals surface area contributed by atoms with Crippen LogP contribution in [0.4, 0.5) is 4.39 Å². The minimum atomic E-state index is -0.211. The van der Waals surface area contributed by atoms with Crippen LogP contribution in [0.15, 0.2) is 66.7 Å². The van der Waals surface area contributed by atoms with Gasteiger partial charge in [0.05, 0.1) is 0 Å². The van der Waals surface area contributed by atoms with Crippen molar-refractivity contribution in [1.29, 1.82) is 0 Å². The summed E-state index contributed by atoms with van der Waals surface area (Å²) in [5, 5.41) is 2.53. The van der Waals surface area contributed by atoms with Crippen LogP contribution in [0, 0.1) is 5.82 Å². The number of halogens is 1. The van der Waals surface area contributed by atoms with E-state index in [0.717, 1.165) is 12.0 Å². The first-order valence-electron chi connectivity index (χ1n) is 8.26. The smallest absolute Gasteiger partial charge is 0.123 e. The normalized spacial score (nSPS) is 13.0. The molecule has 0 aliphatic heterocycles. The van der Waals surface area contributed by atoms with Gasteiger partial charge in [-0.15, -0.1) is 0 Å². The van der Waals surface area contributed by atoms with E-state index in [4.69, 9.17) is 11.5 Å². The first-order valence-corrected chi connectivity index (χ1v) is 8.26. The number of rotatable bonds is 3. The molecule has 2 atom stereocenters. The predicted octanol–water partition coefficient (Wildman–Crippen LogP) is 5.10. The van der Waals surface area contributed by atoms with Crippen LogP contribution in [0.1, 0.15) is 43.5 Å². The van der Waals surface area contributed by atoms with E-state index < -0.39 is 0 Å². The molecule has 0 amide bonds. The average Bonchev–Trinajstić information content (AvgIpc) is 2.61. The van der Waals surface area contributed by atoms with E-state index in [2.05, 4.69) is 30.3 Å². The Bertz CT molecular complexity index is 766. The molecule has 0 aliphatic carbocycles. The zero-order chi connectivity index (χ0) is 17.5. The fourth-order valence-corrected chi connectivity index (χ4v) is 2.44. The van der Waals surface area contributed by atoms with Gasteiger partial charge in [-0.25, -0.2) is 4.39 Å². The lowest BCUT2D eigenvalue weighted by molar-refractivity contribution is 0.623. The fourth-order valence-electron chi connectivity index (χ4n) is 2.44. The van der Waals surface area contributed by atoms with E-state index in [1.165, 1.54) is 28.5 Å². The van der Waals surface area contributed by atoms with Gasteiger partial charge >= 0.3 is 0 Å². The lowest BCUT2D eigenvalue weighted by Gasteiger charge is -2.07. The quantitative estimate of drug-likeness (QED) is 0.704. The van der Waals surface area contributed by atoms with E-state index in [9.17, 15) is 4.39 Å². The Morgan fingerprint density at radius 3 is 2.00 bits per heavy atom. The first kappa shape index (κ1) is 18.1. The van der Waals surface area contributed by atoms with Crippen molar-refractivity contribution in [2.75, 3.05) is 0 Å². The highest BCUT2D eigenvalue weighted by atomic mass is 19.1. The number of fused-ring (bicyclic) bond motifs is 1. The van der Waals surface area contributed by atoms with Crippen molar-refractivity contribution in [3.8, 4) is 0 Å². The summed E-state index contributed by atoms with van der Waals surface area (Å²) in [5.41, 5.74) is 13.7. The predicted molar refractivity (Wildman–Crippen MR) is 100 cm³/mol. The highest BCUT2D eigenvalue weighted by Gasteiger charge is 2.01. The Labute approximate surface area is 143 Å². The molecule has 3 aromatic rings. The van der Waals surface area contributed by atoms with Gasteiger partial charge in [0, 0.05) is 12.1 Å². The molecular weight excluding hydrogens is 299 g/mol. The fraction of sp³-hybridized carbons (Fsp3) is 0.238. The van der Waals surface area contributed by atoms with Gasteiger partial charge in [-0.3, -0.25) is 0 Å². The lowest BCUT2D eigenvalue weighted by Crippen LogP contribution is -2.08. The molecule has 0 bridgehead atoms. The van der Waals surface area contributed by atoms with Crippen molar-refractivity contribution in [2.45, 2.75) is 32.4 Å². The monoisotopic (exact) mass is 324 g/mol. The standard InChI is InChI=1S/C12H13N.C9H12FN/c1-9(13)11-7-6-10-4-2-3-5-12(10)8-11;1-2-9(11)7-3-5-8(10)6-4-7/h2-9H,13H2,1H3;3-6,9H,2,11H2,1H3. The summed E-state index contributed by atoms with van der Waals surface area (Å²) in [6.45, 7) is 4.01. The average molecular weight is 324 g/mol. The summed E-state index contributed by atoms with van der Waals surface area (Å²) in [7, 11) is 0. The van der Waals surface area contributed by atoms with Gasteiger partial charge in [-0.1, -0.05) is 55.5 Å². The van der Waals surface area contributed by atoms with Gasteiger partial charge in [-0.2, -0.15) is 0 Å². The van der Waals surface area contributed by atoms with Crippen molar-refractivity contribution < 1.29 is 4.39 Å². The minimum Gasteiger partial charge on any atom is -0.324 e. The Morgan fingerprint density at radius 1 is 0.833 bits per heavy atom. The molecule has 0 aliphatic rings. The summed E-state index contributed by atoms with van der Waals surface area (Å²) in [4.78, 5) is 0. The maximum atomic E-state index is 12.4. The second-order valence-corrected chi connectivity index (χ2v) is 5.96. The SMILES string of the molecule is CC(N)c1ccc2ccccc2c1.CCC(N)c1ccc(F)cc1. The van der Waals surface area contributed by atoms with Crippen molar-refractivity contribution in [2.24, 2.45) is 11.5 Å². The molecule has 24 heavy (non-hydrogen) atoms. The van der Waals surface area contributed by atoms with Gasteiger partial charge in [0.15, 0.2) is 0 Å². The summed E-state index contributed by atoms with van der Waals surface area (Å²) < 4.78 is 12.4. The summed E-state index contributed by atoms with van der Waals surface area (Å²) in [6, 6.07) is 21.2. The van der Waals surface area contributed by atoms with Gasteiger partial charge in [0.25, 0.3) is 0 Å². The molecule has 4 N–H and O–H groups in total. The molecule has 0 saturated heterocycles. The molecule has 0 heterocycles. The molecule has 0 spiro atoms. The molecular formula is C21H25FN2. The van der Waals surface area contributed by atoms with E-state index in [-0.39, 0.29) is 17.9 Å². The summed E-state index contributed by atoms with van der Waals surface area (Å²) in [5.74, 6) is -0.211. The van der Waals surface area contributed by atoms with Crippen LogP contribution in [0.5, 0.6) is 0 Å². The molecule has 0 fully saturated rings. The second kappa shape index (κ2) is 8.57. The highest BCUT2D eigenvalue weighted by Crippen LogP contribution is 2.18. The van der Waals surface area contributed by atoms with Crippen LogP contribution in [0.25, 0.3) is 10.8 Å². The third-order valence-electron chi connectivity index (χ3n) is 4.04. The van der Waals surface area contributed by atoms with Crippen LogP contribution >= 0.6 is 0 Å². The lowest BCUT2D eigenvalue weighted by atomic mass is 10.0. The molecule has 2 nitrogen and oxygen atoms in total. The maximum Gasteiger partial charge on any atom is 0.123 e. The summed E-state index contributed by atoms with van der Waals surface area (Å²) >= 11 is 0. The van der Waals surface area contributed by atoms with Crippen molar-refractivity contribution in [3.05, 3.63) is 83.7 Å². The van der Waals surface area contributed by atoms with Crippen molar-refractivity contribution in [3.63, 3.8) is 0 Å². The maximum absolute atomic E-state index is 12.4. The Hall–Kier alpha value is -2.23. The third-order valence-corrected chi connectivity index (χ3v) is 4.04. The zero-order valence-corrected chi connectivity index (χ0v) is 14.2. The largest absolute Gasteiger partial charge is 0.324 e. The first-order chi connectivity index (χ1) is 11.5. The van der Waals surface area contributed by atoms with Gasteiger partial charge in [0.1, 0.15) is 5.82 Å². The molecule has 0 radical (unpaired) electrons. The van der Waals surface area contributed by atoms with Crippen LogP contribution in [0.2, 0.25) is 0 Å². The zero-order valence-electron chi connectivity index (χ0n) is 14.2. The van der Waals surface area contributed by atoms with Crippen molar-refractivity contribution in [1.82, 2.24) is 0 Å². The van der Waals surface area contributed by atoms with Crippen LogP contribution in [-0.2, 0) is 0 Å². The molecule has 3 heteroatoms. The van der Waals surface area contributed by atoms with E-state index in [1.807, 2.05) is 26.0 Å². The van der Waals surface area contributed by atoms with E-state index in [1.54, 1.807) is 12.1 Å². The Morgan fingerprint density at radius 2 is 1.42 bits per heavy atom. The Balaban J connectivity index is 0.000000177. The van der Waals surface area contributed by atoms with Crippen molar-refractivity contribution >= 4 is 10.8 Å². The molecule has 0 aromatic heterocycles. The summed E-state index contributed by atoms with van der Waals surface area (Å²) in [6.07, 6.45) is 0.881. The number of benzene rings is 3. The van der Waals surface area contributed by atoms with Gasteiger partial charge in [-0.05, 0) is 53.4 Å². The van der Waals surface area contributed by atoms with E-state index >= 15 is 0 Å². The number of nitrogens with two attached hydrogens (primary N) is 2.